The first-order valence-corrected chi connectivity index (χ1v) is 7.14. The zero-order valence-corrected chi connectivity index (χ0v) is 13.3. The lowest BCUT2D eigenvalue weighted by atomic mass is 9.93. The minimum absolute atomic E-state index is 0.0676. The van der Waals surface area contributed by atoms with E-state index < -0.39 is 11.6 Å². The maximum absolute atomic E-state index is 13.9. The van der Waals surface area contributed by atoms with E-state index in [1.54, 1.807) is 7.11 Å². The van der Waals surface area contributed by atoms with Crippen LogP contribution >= 0.6 is 0 Å². The summed E-state index contributed by atoms with van der Waals surface area (Å²) in [4.78, 5) is 0. The first kappa shape index (κ1) is 17.9. The number of hydrogen-bond acceptors (Lipinski definition) is 3. The van der Waals surface area contributed by atoms with Gasteiger partial charge in [-0.15, -0.1) is 0 Å². The van der Waals surface area contributed by atoms with Crippen LogP contribution in [0.1, 0.15) is 32.8 Å². The van der Waals surface area contributed by atoms with Gasteiger partial charge in [-0.1, -0.05) is 20.8 Å². The van der Waals surface area contributed by atoms with Crippen LogP contribution in [0.3, 0.4) is 0 Å². The highest BCUT2D eigenvalue weighted by atomic mass is 19.1. The molecule has 0 bridgehead atoms. The largest absolute Gasteiger partial charge is 0.488 e. The van der Waals surface area contributed by atoms with Crippen LogP contribution in [0.4, 0.5) is 8.78 Å². The molecule has 0 aliphatic heterocycles. The average Bonchev–Trinajstić information content (AvgIpc) is 2.37. The number of ether oxygens (including phenoxy) is 2. The Hall–Kier alpha value is -1.20. The minimum Gasteiger partial charge on any atom is -0.488 e. The zero-order chi connectivity index (χ0) is 15.9. The van der Waals surface area contributed by atoms with E-state index in [2.05, 4.69) is 26.1 Å². The van der Waals surface area contributed by atoms with Crippen LogP contribution in [0.25, 0.3) is 0 Å². The van der Waals surface area contributed by atoms with E-state index in [0.29, 0.717) is 31.9 Å². The van der Waals surface area contributed by atoms with Gasteiger partial charge in [-0.05, 0) is 29.5 Å². The molecule has 0 unspecified atom stereocenters. The summed E-state index contributed by atoms with van der Waals surface area (Å²) in [5, 5.41) is 3.04. The lowest BCUT2D eigenvalue weighted by molar-refractivity contribution is 0.199. The first-order valence-electron chi connectivity index (χ1n) is 7.14. The predicted molar refractivity (Wildman–Crippen MR) is 79.5 cm³/mol. The van der Waals surface area contributed by atoms with Gasteiger partial charge in [-0.2, -0.15) is 0 Å². The molecular formula is C16H25F2NO2. The second kappa shape index (κ2) is 8.29. The second-order valence-electron chi connectivity index (χ2n) is 6.22. The molecule has 0 saturated carbocycles. The highest BCUT2D eigenvalue weighted by molar-refractivity contribution is 5.31. The Morgan fingerprint density at radius 3 is 2.24 bits per heavy atom. The van der Waals surface area contributed by atoms with E-state index >= 15 is 0 Å². The highest BCUT2D eigenvalue weighted by Crippen LogP contribution is 2.25. The van der Waals surface area contributed by atoms with E-state index in [4.69, 9.17) is 9.47 Å². The van der Waals surface area contributed by atoms with Gasteiger partial charge in [0.2, 0.25) is 0 Å². The van der Waals surface area contributed by atoms with Crippen molar-refractivity contribution in [2.24, 2.45) is 5.41 Å². The Balaban J connectivity index is 2.58. The molecule has 0 spiro atoms. The van der Waals surface area contributed by atoms with Gasteiger partial charge in [0.15, 0.2) is 17.4 Å². The summed E-state index contributed by atoms with van der Waals surface area (Å²) in [5.41, 5.74) is 0.613. The Morgan fingerprint density at radius 2 is 1.71 bits per heavy atom. The van der Waals surface area contributed by atoms with Crippen molar-refractivity contribution in [2.45, 2.75) is 33.7 Å². The normalized spacial score (nSPS) is 11.7. The first-order chi connectivity index (χ1) is 9.83. The topological polar surface area (TPSA) is 30.5 Å². The predicted octanol–water partition coefficient (Wildman–Crippen LogP) is 3.52. The molecule has 0 amide bonds. The molecule has 0 heterocycles. The van der Waals surface area contributed by atoms with Crippen LogP contribution < -0.4 is 10.1 Å². The van der Waals surface area contributed by atoms with Crippen molar-refractivity contribution in [2.75, 3.05) is 26.9 Å². The lowest BCUT2D eigenvalue weighted by Gasteiger charge is -2.18. The molecule has 120 valence electrons. The summed E-state index contributed by atoms with van der Waals surface area (Å²) < 4.78 is 37.9. The maximum Gasteiger partial charge on any atom is 0.190 e. The molecule has 0 fully saturated rings. The van der Waals surface area contributed by atoms with Crippen LogP contribution in [0.5, 0.6) is 5.75 Å². The third-order valence-corrected chi connectivity index (χ3v) is 2.97. The van der Waals surface area contributed by atoms with E-state index in [0.717, 1.165) is 6.42 Å². The smallest absolute Gasteiger partial charge is 0.190 e. The number of nitrogens with one attached hydrogen (secondary N) is 1. The van der Waals surface area contributed by atoms with Gasteiger partial charge in [0.05, 0.1) is 13.2 Å². The second-order valence-corrected chi connectivity index (χ2v) is 6.22. The third kappa shape index (κ3) is 6.87. The maximum atomic E-state index is 13.9. The van der Waals surface area contributed by atoms with Crippen molar-refractivity contribution in [1.82, 2.24) is 5.32 Å². The summed E-state index contributed by atoms with van der Waals surface area (Å²) in [5.74, 6) is -1.61. The molecule has 0 aliphatic carbocycles. The lowest BCUT2D eigenvalue weighted by Crippen LogP contribution is -2.19. The van der Waals surface area contributed by atoms with E-state index in [-0.39, 0.29) is 11.2 Å². The van der Waals surface area contributed by atoms with Crippen LogP contribution in [0.15, 0.2) is 12.1 Å². The molecule has 3 nitrogen and oxygen atoms in total. The van der Waals surface area contributed by atoms with Crippen molar-refractivity contribution in [1.29, 1.82) is 0 Å². The van der Waals surface area contributed by atoms with E-state index in [1.807, 2.05) is 0 Å². The van der Waals surface area contributed by atoms with Crippen molar-refractivity contribution in [3.8, 4) is 5.75 Å². The molecule has 0 aliphatic rings. The summed E-state index contributed by atoms with van der Waals surface area (Å²) in [7, 11) is 1.60. The number of hydrogen-bond donors (Lipinski definition) is 1. The van der Waals surface area contributed by atoms with Gasteiger partial charge in [-0.3, -0.25) is 0 Å². The van der Waals surface area contributed by atoms with E-state index in [9.17, 15) is 8.78 Å². The molecular weight excluding hydrogens is 276 g/mol. The molecule has 0 atom stereocenters. The summed E-state index contributed by atoms with van der Waals surface area (Å²) in [6.07, 6.45) is 0.728. The fourth-order valence-corrected chi connectivity index (χ4v) is 1.72. The molecule has 0 aromatic heterocycles. The van der Waals surface area contributed by atoms with Gasteiger partial charge >= 0.3 is 0 Å². The van der Waals surface area contributed by atoms with Crippen LogP contribution in [0.2, 0.25) is 0 Å². The van der Waals surface area contributed by atoms with Gasteiger partial charge in [-0.25, -0.2) is 8.78 Å². The van der Waals surface area contributed by atoms with Crippen molar-refractivity contribution < 1.29 is 18.3 Å². The molecule has 21 heavy (non-hydrogen) atoms. The minimum atomic E-state index is -0.660. The Labute approximate surface area is 125 Å². The number of benzene rings is 1. The number of halogens is 2. The zero-order valence-electron chi connectivity index (χ0n) is 13.3. The quantitative estimate of drug-likeness (QED) is 0.745. The monoisotopic (exact) mass is 301 g/mol. The van der Waals surface area contributed by atoms with Crippen molar-refractivity contribution in [3.63, 3.8) is 0 Å². The molecule has 0 radical (unpaired) electrons. The van der Waals surface area contributed by atoms with Gasteiger partial charge < -0.3 is 14.8 Å². The summed E-state index contributed by atoms with van der Waals surface area (Å²) in [6, 6.07) is 2.60. The van der Waals surface area contributed by atoms with Crippen LogP contribution in [-0.2, 0) is 11.3 Å². The third-order valence-electron chi connectivity index (χ3n) is 2.97. The molecule has 5 heteroatoms. The fraction of sp³-hybridized carbons (Fsp3) is 0.625. The van der Waals surface area contributed by atoms with Gasteiger partial charge in [0, 0.05) is 20.2 Å². The van der Waals surface area contributed by atoms with Crippen LogP contribution in [0, 0.1) is 17.0 Å². The number of methoxy groups -OCH3 is 1. The Bertz CT molecular complexity index is 421. The summed E-state index contributed by atoms with van der Waals surface area (Å²) >= 11 is 0. The average molecular weight is 301 g/mol. The van der Waals surface area contributed by atoms with Crippen molar-refractivity contribution in [3.05, 3.63) is 29.3 Å². The Kier molecular flexibility index (Phi) is 7.05. The van der Waals surface area contributed by atoms with Gasteiger partial charge in [0.1, 0.15) is 0 Å². The standard InChI is InChI=1S/C16H25F2NO2/c1-16(2,3)5-7-21-15-13(17)9-12(10-14(15)18)11-19-6-8-20-4/h9-10,19H,5-8,11H2,1-4H3. The molecule has 0 saturated heterocycles. The fourth-order valence-electron chi connectivity index (χ4n) is 1.72. The molecule has 1 aromatic rings. The van der Waals surface area contributed by atoms with Crippen molar-refractivity contribution >= 4 is 0 Å². The highest BCUT2D eigenvalue weighted by Gasteiger charge is 2.15. The molecule has 1 aromatic carbocycles. The van der Waals surface area contributed by atoms with Gasteiger partial charge in [0.25, 0.3) is 0 Å². The van der Waals surface area contributed by atoms with E-state index in [1.165, 1.54) is 12.1 Å². The SMILES string of the molecule is COCCNCc1cc(F)c(OCCC(C)(C)C)c(F)c1. The van der Waals surface area contributed by atoms with Crippen LogP contribution in [-0.4, -0.2) is 26.9 Å². The number of rotatable bonds is 8. The molecule has 1 rings (SSSR count). The Morgan fingerprint density at radius 1 is 1.10 bits per heavy atom. The molecule has 1 N–H and O–H groups in total. The summed E-state index contributed by atoms with van der Waals surface area (Å²) in [6.45, 7) is 8.03.